The lowest BCUT2D eigenvalue weighted by atomic mass is 9.78. The van der Waals surface area contributed by atoms with E-state index in [2.05, 4.69) is 35.5 Å². The summed E-state index contributed by atoms with van der Waals surface area (Å²) in [5, 5.41) is 19.9. The molecule has 0 bridgehead atoms. The molecule has 0 radical (unpaired) electrons. The van der Waals surface area contributed by atoms with E-state index in [0.29, 0.717) is 6.32 Å². The van der Waals surface area contributed by atoms with Crippen molar-refractivity contribution in [2.45, 2.75) is 52.0 Å². The second-order valence-electron chi connectivity index (χ2n) is 6.55. The van der Waals surface area contributed by atoms with Crippen molar-refractivity contribution in [3.05, 3.63) is 57.6 Å². The zero-order valence-corrected chi connectivity index (χ0v) is 16.6. The van der Waals surface area contributed by atoms with Crippen LogP contribution in [0.15, 0.2) is 52.0 Å². The summed E-state index contributed by atoms with van der Waals surface area (Å²) in [6, 6.07) is 5.44. The third-order valence-corrected chi connectivity index (χ3v) is 4.84. The van der Waals surface area contributed by atoms with E-state index >= 15 is 0 Å². The number of rotatable bonds is 7. The lowest BCUT2D eigenvalue weighted by Gasteiger charge is -2.27. The van der Waals surface area contributed by atoms with Gasteiger partial charge in [-0.25, -0.2) is 0 Å². The minimum absolute atomic E-state index is 0.127. The maximum Gasteiger partial charge on any atom is 0.458 e. The number of benzene rings is 1. The van der Waals surface area contributed by atoms with E-state index in [4.69, 9.17) is 4.65 Å². The van der Waals surface area contributed by atoms with Crippen LogP contribution >= 0.6 is 15.9 Å². The van der Waals surface area contributed by atoms with Gasteiger partial charge in [-0.2, -0.15) is 0 Å². The molecule has 1 atom stereocenters. The van der Waals surface area contributed by atoms with Gasteiger partial charge in [-0.3, -0.25) is 0 Å². The topological polar surface area (TPSA) is 49.7 Å². The van der Waals surface area contributed by atoms with Gasteiger partial charge in [0.25, 0.3) is 0 Å². The SMILES string of the molecule is C=C(C)C1=CCB(O)OC1CC/C(=C/c1cc(Br)ccc1O)CCC. The van der Waals surface area contributed by atoms with Crippen LogP contribution in [0.3, 0.4) is 0 Å². The van der Waals surface area contributed by atoms with Crippen LogP contribution in [-0.4, -0.2) is 23.4 Å². The molecule has 0 saturated carbocycles. The molecule has 0 aliphatic carbocycles. The first-order chi connectivity index (χ1) is 11.9. The average molecular weight is 405 g/mol. The second kappa shape index (κ2) is 9.42. The number of halogens is 1. The van der Waals surface area contributed by atoms with Gasteiger partial charge in [0.05, 0.1) is 6.10 Å². The van der Waals surface area contributed by atoms with E-state index in [1.54, 1.807) is 6.07 Å². The second-order valence-corrected chi connectivity index (χ2v) is 7.46. The van der Waals surface area contributed by atoms with Crippen molar-refractivity contribution in [1.29, 1.82) is 0 Å². The lowest BCUT2D eigenvalue weighted by molar-refractivity contribution is 0.183. The zero-order chi connectivity index (χ0) is 18.4. The van der Waals surface area contributed by atoms with Gasteiger partial charge in [-0.1, -0.05) is 59.2 Å². The molecule has 0 aromatic heterocycles. The van der Waals surface area contributed by atoms with Gasteiger partial charge in [-0.05, 0) is 50.0 Å². The van der Waals surface area contributed by atoms with Crippen molar-refractivity contribution in [1.82, 2.24) is 0 Å². The molecule has 1 aromatic carbocycles. The Morgan fingerprint density at radius 3 is 2.88 bits per heavy atom. The molecule has 134 valence electrons. The summed E-state index contributed by atoms with van der Waals surface area (Å²) in [5.41, 5.74) is 4.16. The Hall–Kier alpha value is -1.30. The highest BCUT2D eigenvalue weighted by Gasteiger charge is 2.27. The van der Waals surface area contributed by atoms with Crippen LogP contribution in [0.5, 0.6) is 5.75 Å². The average Bonchev–Trinajstić information content (AvgIpc) is 2.56. The standard InChI is InChI=1S/C20H26BBrO3/c1-4-5-15(12-16-13-17(22)7-8-19(16)23)6-9-20-18(14(2)3)10-11-21(24)25-20/h7-8,10,12-13,20,23-24H,2,4-6,9,11H2,1,3H3/b15-12+. The van der Waals surface area contributed by atoms with Crippen LogP contribution in [0.4, 0.5) is 0 Å². The molecule has 1 heterocycles. The van der Waals surface area contributed by atoms with Crippen LogP contribution in [0.2, 0.25) is 6.32 Å². The number of phenolic OH excluding ortho intramolecular Hbond substituents is 1. The van der Waals surface area contributed by atoms with Gasteiger partial charge in [0, 0.05) is 16.4 Å². The maximum absolute atomic E-state index is 10.1. The molecule has 0 saturated heterocycles. The van der Waals surface area contributed by atoms with E-state index in [0.717, 1.165) is 46.9 Å². The predicted octanol–water partition coefficient (Wildman–Crippen LogP) is 5.50. The van der Waals surface area contributed by atoms with Crippen molar-refractivity contribution in [3.63, 3.8) is 0 Å². The van der Waals surface area contributed by atoms with Gasteiger partial charge in [0.1, 0.15) is 5.75 Å². The van der Waals surface area contributed by atoms with Gasteiger partial charge < -0.3 is 14.8 Å². The Morgan fingerprint density at radius 2 is 2.20 bits per heavy atom. The highest BCUT2D eigenvalue weighted by Crippen LogP contribution is 2.30. The molecule has 25 heavy (non-hydrogen) atoms. The molecule has 0 spiro atoms. The van der Waals surface area contributed by atoms with E-state index in [-0.39, 0.29) is 11.9 Å². The van der Waals surface area contributed by atoms with Crippen molar-refractivity contribution in [2.24, 2.45) is 0 Å². The number of allylic oxidation sites excluding steroid dienone is 2. The van der Waals surface area contributed by atoms with E-state index in [1.165, 1.54) is 5.57 Å². The van der Waals surface area contributed by atoms with Crippen LogP contribution < -0.4 is 0 Å². The van der Waals surface area contributed by atoms with Gasteiger partial charge >= 0.3 is 7.12 Å². The number of hydrogen-bond donors (Lipinski definition) is 2. The summed E-state index contributed by atoms with van der Waals surface area (Å²) in [6.45, 7) is 8.15. The summed E-state index contributed by atoms with van der Waals surface area (Å²) in [7, 11) is -0.735. The molecule has 1 aliphatic rings. The first kappa shape index (κ1) is 20.0. The number of aromatic hydroxyl groups is 1. The normalized spacial score (nSPS) is 18.2. The Kier molecular flexibility index (Phi) is 7.54. The molecule has 5 heteroatoms. The van der Waals surface area contributed by atoms with Crippen LogP contribution in [0.1, 0.15) is 45.1 Å². The zero-order valence-electron chi connectivity index (χ0n) is 15.0. The molecule has 0 fully saturated rings. The fraction of sp³-hybridized carbons (Fsp3) is 0.400. The fourth-order valence-corrected chi connectivity index (χ4v) is 3.50. The Labute approximate surface area is 159 Å². The van der Waals surface area contributed by atoms with Crippen LogP contribution in [0.25, 0.3) is 6.08 Å². The molecular weight excluding hydrogens is 379 g/mol. The van der Waals surface area contributed by atoms with Crippen molar-refractivity contribution < 1.29 is 14.8 Å². The molecule has 2 rings (SSSR count). The summed E-state index contributed by atoms with van der Waals surface area (Å²) in [4.78, 5) is 0. The van der Waals surface area contributed by atoms with Crippen LogP contribution in [-0.2, 0) is 4.65 Å². The van der Waals surface area contributed by atoms with Crippen molar-refractivity contribution in [3.8, 4) is 5.75 Å². The smallest absolute Gasteiger partial charge is 0.458 e. The molecule has 3 nitrogen and oxygen atoms in total. The molecule has 1 aliphatic heterocycles. The minimum atomic E-state index is -0.735. The molecular formula is C20H26BBrO3. The maximum atomic E-state index is 10.1. The Balaban J connectivity index is 2.14. The van der Waals surface area contributed by atoms with E-state index in [1.807, 2.05) is 25.1 Å². The molecule has 0 amide bonds. The molecule has 2 N–H and O–H groups in total. The summed E-state index contributed by atoms with van der Waals surface area (Å²) in [5.74, 6) is 0.281. The number of hydrogen-bond acceptors (Lipinski definition) is 3. The minimum Gasteiger partial charge on any atom is -0.507 e. The van der Waals surface area contributed by atoms with Crippen molar-refractivity contribution >= 4 is 29.1 Å². The Morgan fingerprint density at radius 1 is 1.44 bits per heavy atom. The quantitative estimate of drug-likeness (QED) is 0.589. The van der Waals surface area contributed by atoms with Gasteiger partial charge in [0.15, 0.2) is 0 Å². The first-order valence-electron chi connectivity index (χ1n) is 8.78. The summed E-state index contributed by atoms with van der Waals surface area (Å²) < 4.78 is 6.67. The number of phenols is 1. The summed E-state index contributed by atoms with van der Waals surface area (Å²) >= 11 is 3.45. The van der Waals surface area contributed by atoms with Crippen LogP contribution in [0, 0.1) is 0 Å². The van der Waals surface area contributed by atoms with Crippen molar-refractivity contribution in [2.75, 3.05) is 0 Å². The largest absolute Gasteiger partial charge is 0.507 e. The van der Waals surface area contributed by atoms with E-state index in [9.17, 15) is 10.1 Å². The van der Waals surface area contributed by atoms with Gasteiger partial charge in [0.2, 0.25) is 0 Å². The highest BCUT2D eigenvalue weighted by atomic mass is 79.9. The third kappa shape index (κ3) is 5.87. The summed E-state index contributed by atoms with van der Waals surface area (Å²) in [6.07, 6.45) is 8.13. The first-order valence-corrected chi connectivity index (χ1v) is 9.57. The third-order valence-electron chi connectivity index (χ3n) is 4.35. The molecule has 1 aromatic rings. The molecule has 1 unspecified atom stereocenters. The monoisotopic (exact) mass is 404 g/mol. The lowest BCUT2D eigenvalue weighted by Crippen LogP contribution is -2.31. The fourth-order valence-electron chi connectivity index (χ4n) is 3.12. The van der Waals surface area contributed by atoms with Gasteiger partial charge in [-0.15, -0.1) is 0 Å². The highest BCUT2D eigenvalue weighted by molar-refractivity contribution is 9.10. The predicted molar refractivity (Wildman–Crippen MR) is 108 cm³/mol. The Bertz CT molecular complexity index is 682. The van der Waals surface area contributed by atoms with E-state index < -0.39 is 7.12 Å².